The summed E-state index contributed by atoms with van der Waals surface area (Å²) in [4.78, 5) is 13.7. The van der Waals surface area contributed by atoms with Crippen molar-refractivity contribution in [2.24, 2.45) is 0 Å². The van der Waals surface area contributed by atoms with Gasteiger partial charge in [-0.3, -0.25) is 9.69 Å². The molecule has 0 saturated carbocycles. The summed E-state index contributed by atoms with van der Waals surface area (Å²) in [6.45, 7) is 2.36. The minimum absolute atomic E-state index is 0.448. The van der Waals surface area contributed by atoms with Crippen molar-refractivity contribution in [1.82, 2.24) is 4.90 Å². The van der Waals surface area contributed by atoms with Crippen LogP contribution < -0.4 is 0 Å². The minimum Gasteiger partial charge on any atom is -0.480 e. The molecular weight excluding hydrogens is 266 g/mol. The molecule has 14 heavy (non-hydrogen) atoms. The van der Waals surface area contributed by atoms with Crippen molar-refractivity contribution in [2.75, 3.05) is 7.05 Å². The Hall–Kier alpha value is -0.390. The Morgan fingerprint density at radius 3 is 2.79 bits per heavy atom. The quantitative estimate of drug-likeness (QED) is 0.919. The average molecular weight is 278 g/mol. The Balaban J connectivity index is 2.56. The first kappa shape index (κ1) is 11.7. The van der Waals surface area contributed by atoms with Gasteiger partial charge in [0.15, 0.2) is 0 Å². The van der Waals surface area contributed by atoms with Gasteiger partial charge < -0.3 is 5.11 Å². The third kappa shape index (κ3) is 3.08. The maximum Gasteiger partial charge on any atom is 0.320 e. The predicted octanol–water partition coefficient (Wildman–Crippen LogP) is 2.42. The Bertz CT molecular complexity index is 326. The number of likely N-dealkylation sites (N-methyl/N-ethyl adjacent to an activating group) is 1. The molecule has 0 unspecified atom stereocenters. The lowest BCUT2D eigenvalue weighted by Crippen LogP contribution is -2.34. The average Bonchev–Trinajstić information content (AvgIpc) is 2.49. The standard InChI is InChI=1S/C9H12BrNO2S/c1-6(9(12)13)11(2)5-7-3-4-8(10)14-7/h3-4,6H,5H2,1-2H3,(H,12,13)/t6-/m1/s1. The molecule has 1 N–H and O–H groups in total. The van der Waals surface area contributed by atoms with E-state index in [1.807, 2.05) is 19.2 Å². The number of hydrogen-bond acceptors (Lipinski definition) is 3. The molecule has 0 fully saturated rings. The molecule has 3 nitrogen and oxygen atoms in total. The fraction of sp³-hybridized carbons (Fsp3) is 0.444. The normalized spacial score (nSPS) is 13.1. The van der Waals surface area contributed by atoms with Crippen LogP contribution in [0.4, 0.5) is 0 Å². The van der Waals surface area contributed by atoms with Gasteiger partial charge in [0.25, 0.3) is 0 Å². The van der Waals surface area contributed by atoms with Gasteiger partial charge in [0.2, 0.25) is 0 Å². The highest BCUT2D eigenvalue weighted by molar-refractivity contribution is 9.11. The maximum absolute atomic E-state index is 10.7. The number of aliphatic carboxylic acids is 1. The van der Waals surface area contributed by atoms with E-state index in [1.165, 1.54) is 0 Å². The molecule has 1 heterocycles. The fourth-order valence-corrected chi connectivity index (χ4v) is 2.55. The summed E-state index contributed by atoms with van der Waals surface area (Å²) in [5, 5.41) is 8.79. The smallest absolute Gasteiger partial charge is 0.320 e. The molecule has 1 aromatic heterocycles. The summed E-state index contributed by atoms with van der Waals surface area (Å²) in [6.07, 6.45) is 0. The lowest BCUT2D eigenvalue weighted by molar-refractivity contribution is -0.142. The SMILES string of the molecule is C[C@H](C(=O)O)N(C)Cc1ccc(Br)s1. The van der Waals surface area contributed by atoms with Gasteiger partial charge in [-0.25, -0.2) is 0 Å². The van der Waals surface area contributed by atoms with Gasteiger partial charge in [0.05, 0.1) is 3.79 Å². The molecule has 1 atom stereocenters. The monoisotopic (exact) mass is 277 g/mol. The number of carbonyl (C=O) groups is 1. The van der Waals surface area contributed by atoms with Crippen molar-refractivity contribution in [3.05, 3.63) is 20.8 Å². The molecule has 1 aromatic rings. The number of thiophene rings is 1. The molecule has 0 aromatic carbocycles. The van der Waals surface area contributed by atoms with E-state index in [0.29, 0.717) is 6.54 Å². The van der Waals surface area contributed by atoms with Crippen molar-refractivity contribution < 1.29 is 9.90 Å². The van der Waals surface area contributed by atoms with E-state index in [4.69, 9.17) is 5.11 Å². The van der Waals surface area contributed by atoms with E-state index in [0.717, 1.165) is 8.66 Å². The zero-order valence-electron chi connectivity index (χ0n) is 8.03. The van der Waals surface area contributed by atoms with E-state index in [-0.39, 0.29) is 0 Å². The predicted molar refractivity (Wildman–Crippen MR) is 60.6 cm³/mol. The van der Waals surface area contributed by atoms with Crippen LogP contribution in [-0.4, -0.2) is 29.1 Å². The van der Waals surface area contributed by atoms with Gasteiger partial charge in [0, 0.05) is 11.4 Å². The molecule has 0 spiro atoms. The Morgan fingerprint density at radius 2 is 2.36 bits per heavy atom. The molecule has 0 aliphatic rings. The second-order valence-electron chi connectivity index (χ2n) is 3.14. The molecule has 78 valence electrons. The third-order valence-electron chi connectivity index (χ3n) is 2.05. The molecule has 0 bridgehead atoms. The summed E-state index contributed by atoms with van der Waals surface area (Å²) in [5.41, 5.74) is 0. The highest BCUT2D eigenvalue weighted by Gasteiger charge is 2.16. The molecular formula is C9H12BrNO2S. The van der Waals surface area contributed by atoms with E-state index < -0.39 is 12.0 Å². The Kier molecular flexibility index (Phi) is 4.10. The van der Waals surface area contributed by atoms with Crippen LogP contribution in [0.3, 0.4) is 0 Å². The lowest BCUT2D eigenvalue weighted by atomic mass is 10.3. The van der Waals surface area contributed by atoms with E-state index in [1.54, 1.807) is 23.2 Å². The summed E-state index contributed by atoms with van der Waals surface area (Å²) >= 11 is 5.00. The van der Waals surface area contributed by atoms with Crippen LogP contribution in [-0.2, 0) is 11.3 Å². The molecule has 0 aliphatic heterocycles. The highest BCUT2D eigenvalue weighted by Crippen LogP contribution is 2.23. The second-order valence-corrected chi connectivity index (χ2v) is 5.68. The van der Waals surface area contributed by atoms with E-state index >= 15 is 0 Å². The first-order chi connectivity index (χ1) is 6.50. The first-order valence-corrected chi connectivity index (χ1v) is 5.79. The highest BCUT2D eigenvalue weighted by atomic mass is 79.9. The van der Waals surface area contributed by atoms with E-state index in [9.17, 15) is 4.79 Å². The summed E-state index contributed by atoms with van der Waals surface area (Å²) in [5.74, 6) is -0.789. The second kappa shape index (κ2) is 4.91. The van der Waals surface area contributed by atoms with Crippen LogP contribution >= 0.6 is 27.3 Å². The van der Waals surface area contributed by atoms with Gasteiger partial charge in [-0.15, -0.1) is 11.3 Å². The first-order valence-electron chi connectivity index (χ1n) is 4.18. The van der Waals surface area contributed by atoms with Crippen molar-refractivity contribution >= 4 is 33.2 Å². The van der Waals surface area contributed by atoms with Crippen LogP contribution in [0.25, 0.3) is 0 Å². The van der Waals surface area contributed by atoms with Crippen LogP contribution in [0.1, 0.15) is 11.8 Å². The van der Waals surface area contributed by atoms with Crippen LogP contribution in [0.5, 0.6) is 0 Å². The maximum atomic E-state index is 10.7. The van der Waals surface area contributed by atoms with Gasteiger partial charge in [-0.1, -0.05) is 0 Å². The molecule has 0 saturated heterocycles. The van der Waals surface area contributed by atoms with Gasteiger partial charge in [0.1, 0.15) is 6.04 Å². The molecule has 0 amide bonds. The number of rotatable bonds is 4. The summed E-state index contributed by atoms with van der Waals surface area (Å²) < 4.78 is 1.07. The Labute approximate surface area is 95.5 Å². The number of nitrogens with zero attached hydrogens (tertiary/aromatic N) is 1. The van der Waals surface area contributed by atoms with Crippen LogP contribution in [0.15, 0.2) is 15.9 Å². The third-order valence-corrected chi connectivity index (χ3v) is 3.66. The number of hydrogen-bond donors (Lipinski definition) is 1. The summed E-state index contributed by atoms with van der Waals surface area (Å²) in [7, 11) is 1.81. The zero-order valence-corrected chi connectivity index (χ0v) is 10.4. The molecule has 1 rings (SSSR count). The van der Waals surface area contributed by atoms with Gasteiger partial charge in [-0.05, 0) is 42.0 Å². The lowest BCUT2D eigenvalue weighted by Gasteiger charge is -2.19. The van der Waals surface area contributed by atoms with Crippen molar-refractivity contribution in [2.45, 2.75) is 19.5 Å². The van der Waals surface area contributed by atoms with Crippen LogP contribution in [0.2, 0.25) is 0 Å². The number of carboxylic acids is 1. The number of carboxylic acid groups (broad SMARTS) is 1. The van der Waals surface area contributed by atoms with Crippen molar-refractivity contribution in [1.29, 1.82) is 0 Å². The fourth-order valence-electron chi connectivity index (χ4n) is 1.01. The minimum atomic E-state index is -0.789. The van der Waals surface area contributed by atoms with Crippen molar-refractivity contribution in [3.63, 3.8) is 0 Å². The van der Waals surface area contributed by atoms with Crippen molar-refractivity contribution in [3.8, 4) is 0 Å². The van der Waals surface area contributed by atoms with Gasteiger partial charge >= 0.3 is 5.97 Å². The largest absolute Gasteiger partial charge is 0.480 e. The van der Waals surface area contributed by atoms with Gasteiger partial charge in [-0.2, -0.15) is 0 Å². The van der Waals surface area contributed by atoms with E-state index in [2.05, 4.69) is 15.9 Å². The summed E-state index contributed by atoms with van der Waals surface area (Å²) in [6, 6.07) is 3.52. The van der Waals surface area contributed by atoms with Crippen LogP contribution in [0, 0.1) is 0 Å². The number of halogens is 1. The molecule has 0 aliphatic carbocycles. The Morgan fingerprint density at radius 1 is 1.71 bits per heavy atom. The molecule has 0 radical (unpaired) electrons. The topological polar surface area (TPSA) is 40.5 Å². The zero-order chi connectivity index (χ0) is 10.7. The molecule has 5 heteroatoms.